The zero-order valence-corrected chi connectivity index (χ0v) is 14.2. The van der Waals surface area contributed by atoms with E-state index in [0.717, 1.165) is 0 Å². The van der Waals surface area contributed by atoms with Crippen LogP contribution in [0, 0.1) is 11.7 Å². The van der Waals surface area contributed by atoms with Crippen LogP contribution < -0.4 is 11.1 Å². The van der Waals surface area contributed by atoms with Gasteiger partial charge in [-0.2, -0.15) is 0 Å². The molecule has 0 aliphatic rings. The normalized spacial score (nSPS) is 12.3. The van der Waals surface area contributed by atoms with Crippen LogP contribution in [-0.2, 0) is 16.1 Å². The number of rotatable bonds is 7. The molecule has 2 amide bonds. The summed E-state index contributed by atoms with van der Waals surface area (Å²) in [5.74, 6) is -0.989. The monoisotopic (exact) mass is 323 g/mol. The van der Waals surface area contributed by atoms with Crippen molar-refractivity contribution in [2.24, 2.45) is 11.7 Å². The molecule has 0 spiro atoms. The zero-order valence-electron chi connectivity index (χ0n) is 14.2. The Labute approximate surface area is 137 Å². The predicted molar refractivity (Wildman–Crippen MR) is 87.9 cm³/mol. The lowest BCUT2D eigenvalue weighted by Gasteiger charge is -2.27. The van der Waals surface area contributed by atoms with Gasteiger partial charge in [-0.05, 0) is 25.8 Å². The summed E-state index contributed by atoms with van der Waals surface area (Å²) in [6, 6.07) is 5.57. The summed E-state index contributed by atoms with van der Waals surface area (Å²) in [7, 11) is 0. The number of nitrogens with zero attached hydrogens (tertiary/aromatic N) is 1. The summed E-state index contributed by atoms with van der Waals surface area (Å²) in [6.45, 7) is 7.39. The minimum atomic E-state index is -0.651. The van der Waals surface area contributed by atoms with Crippen LogP contribution in [0.2, 0.25) is 0 Å². The van der Waals surface area contributed by atoms with Crippen LogP contribution in [0.25, 0.3) is 0 Å². The fraction of sp³-hybridized carbons (Fsp3) is 0.529. The van der Waals surface area contributed by atoms with Crippen molar-refractivity contribution in [1.82, 2.24) is 10.2 Å². The van der Waals surface area contributed by atoms with Crippen molar-refractivity contribution >= 4 is 11.8 Å². The predicted octanol–water partition coefficient (Wildman–Crippen LogP) is 1.66. The number of carbonyl (C=O) groups excluding carboxylic acids is 2. The maximum atomic E-state index is 13.8. The minimum Gasteiger partial charge on any atom is -0.346 e. The first-order valence-corrected chi connectivity index (χ1v) is 7.80. The van der Waals surface area contributed by atoms with E-state index in [9.17, 15) is 14.0 Å². The molecule has 0 unspecified atom stereocenters. The molecule has 0 aromatic heterocycles. The fourth-order valence-corrected chi connectivity index (χ4v) is 2.05. The molecule has 6 heteroatoms. The molecular weight excluding hydrogens is 297 g/mol. The summed E-state index contributed by atoms with van der Waals surface area (Å²) in [5, 5.41) is 2.55. The van der Waals surface area contributed by atoms with E-state index in [1.165, 1.54) is 11.0 Å². The molecule has 23 heavy (non-hydrogen) atoms. The Bertz CT molecular complexity index is 546. The molecule has 0 radical (unpaired) electrons. The summed E-state index contributed by atoms with van der Waals surface area (Å²) < 4.78 is 13.8. The van der Waals surface area contributed by atoms with Crippen molar-refractivity contribution in [2.45, 2.75) is 46.3 Å². The second kappa shape index (κ2) is 8.62. The molecule has 128 valence electrons. The van der Waals surface area contributed by atoms with Gasteiger partial charge < -0.3 is 16.0 Å². The highest BCUT2D eigenvalue weighted by Gasteiger charge is 2.22. The lowest BCUT2D eigenvalue weighted by molar-refractivity contribution is -0.135. The first-order chi connectivity index (χ1) is 10.7. The number of nitrogens with two attached hydrogens (primary N) is 1. The van der Waals surface area contributed by atoms with E-state index < -0.39 is 6.04 Å². The topological polar surface area (TPSA) is 75.4 Å². The maximum Gasteiger partial charge on any atom is 0.242 e. The van der Waals surface area contributed by atoms with Crippen molar-refractivity contribution in [3.63, 3.8) is 0 Å². The second-order valence-electron chi connectivity index (χ2n) is 6.19. The van der Waals surface area contributed by atoms with Crippen molar-refractivity contribution in [3.8, 4) is 0 Å². The molecule has 0 bridgehead atoms. The van der Waals surface area contributed by atoms with Gasteiger partial charge in [0, 0.05) is 18.2 Å². The quantitative estimate of drug-likeness (QED) is 0.801. The van der Waals surface area contributed by atoms with Crippen LogP contribution in [0.3, 0.4) is 0 Å². The van der Waals surface area contributed by atoms with E-state index in [0.29, 0.717) is 5.56 Å². The van der Waals surface area contributed by atoms with Crippen LogP contribution in [0.1, 0.15) is 33.3 Å². The van der Waals surface area contributed by atoms with Gasteiger partial charge in [-0.15, -0.1) is 0 Å². The largest absolute Gasteiger partial charge is 0.346 e. The zero-order chi connectivity index (χ0) is 17.6. The molecular formula is C17H26FN3O2. The van der Waals surface area contributed by atoms with Crippen molar-refractivity contribution in [1.29, 1.82) is 0 Å². The third-order valence-electron chi connectivity index (χ3n) is 3.68. The number of nitrogens with one attached hydrogen (secondary N) is 1. The molecule has 0 saturated carbocycles. The third kappa shape index (κ3) is 5.63. The molecule has 1 rings (SSSR count). The summed E-state index contributed by atoms with van der Waals surface area (Å²) in [6.07, 6.45) is 0. The van der Waals surface area contributed by atoms with E-state index in [4.69, 9.17) is 5.73 Å². The van der Waals surface area contributed by atoms with E-state index in [1.807, 2.05) is 27.7 Å². The molecule has 5 nitrogen and oxygen atoms in total. The number of hydrogen-bond acceptors (Lipinski definition) is 3. The van der Waals surface area contributed by atoms with Crippen LogP contribution in [0.5, 0.6) is 0 Å². The lowest BCUT2D eigenvalue weighted by atomic mass is 10.1. The molecule has 1 aromatic rings. The highest BCUT2D eigenvalue weighted by atomic mass is 19.1. The average molecular weight is 323 g/mol. The van der Waals surface area contributed by atoms with Crippen LogP contribution in [-0.4, -0.2) is 35.3 Å². The van der Waals surface area contributed by atoms with E-state index >= 15 is 0 Å². The molecule has 0 saturated heterocycles. The van der Waals surface area contributed by atoms with E-state index in [2.05, 4.69) is 5.32 Å². The van der Waals surface area contributed by atoms with Gasteiger partial charge in [0.25, 0.3) is 0 Å². The first kappa shape index (κ1) is 19.1. The number of amides is 2. The Morgan fingerprint density at radius 1 is 1.22 bits per heavy atom. The molecule has 1 atom stereocenters. The van der Waals surface area contributed by atoms with Crippen molar-refractivity contribution in [2.75, 3.05) is 6.54 Å². The average Bonchev–Trinajstić information content (AvgIpc) is 2.50. The van der Waals surface area contributed by atoms with Gasteiger partial charge in [0.05, 0.1) is 12.6 Å². The van der Waals surface area contributed by atoms with Crippen molar-refractivity contribution in [3.05, 3.63) is 35.6 Å². The third-order valence-corrected chi connectivity index (χ3v) is 3.68. The van der Waals surface area contributed by atoms with Crippen LogP contribution in [0.15, 0.2) is 24.3 Å². The van der Waals surface area contributed by atoms with Gasteiger partial charge in [0.2, 0.25) is 11.8 Å². The molecule has 3 N–H and O–H groups in total. The van der Waals surface area contributed by atoms with Crippen LogP contribution >= 0.6 is 0 Å². The highest BCUT2D eigenvalue weighted by molar-refractivity contribution is 5.87. The first-order valence-electron chi connectivity index (χ1n) is 7.80. The standard InChI is InChI=1S/C17H26FN3O2/c1-11(2)16(19)17(23)20-9-15(22)21(12(3)4)10-13-7-5-6-8-14(13)18/h5-8,11-12,16H,9-10,19H2,1-4H3,(H,20,23)/t16-/m0/s1. The maximum absolute atomic E-state index is 13.8. The number of carbonyl (C=O) groups is 2. The Kier molecular flexibility index (Phi) is 7.16. The smallest absolute Gasteiger partial charge is 0.242 e. The van der Waals surface area contributed by atoms with Gasteiger partial charge in [-0.3, -0.25) is 9.59 Å². The minimum absolute atomic E-state index is 0.00952. The van der Waals surface area contributed by atoms with Gasteiger partial charge in [0.1, 0.15) is 5.82 Å². The Balaban J connectivity index is 2.69. The Morgan fingerprint density at radius 2 is 1.83 bits per heavy atom. The summed E-state index contributed by atoms with van der Waals surface area (Å²) in [5.41, 5.74) is 6.18. The SMILES string of the molecule is CC(C)[C@H](N)C(=O)NCC(=O)N(Cc1ccccc1F)C(C)C. The number of hydrogen-bond donors (Lipinski definition) is 2. The fourth-order valence-electron chi connectivity index (χ4n) is 2.05. The Morgan fingerprint density at radius 3 is 2.35 bits per heavy atom. The second-order valence-corrected chi connectivity index (χ2v) is 6.19. The molecule has 0 fully saturated rings. The highest BCUT2D eigenvalue weighted by Crippen LogP contribution is 2.12. The van der Waals surface area contributed by atoms with Gasteiger partial charge in [-0.25, -0.2) is 4.39 Å². The molecule has 1 aromatic carbocycles. The Hall–Kier alpha value is -1.95. The lowest BCUT2D eigenvalue weighted by Crippen LogP contribution is -2.48. The van der Waals surface area contributed by atoms with E-state index in [1.54, 1.807) is 18.2 Å². The molecule has 0 aliphatic carbocycles. The van der Waals surface area contributed by atoms with E-state index in [-0.39, 0.29) is 42.7 Å². The van der Waals surface area contributed by atoms with Crippen molar-refractivity contribution < 1.29 is 14.0 Å². The number of benzene rings is 1. The van der Waals surface area contributed by atoms with Gasteiger partial charge in [-0.1, -0.05) is 32.0 Å². The van der Waals surface area contributed by atoms with Crippen LogP contribution in [0.4, 0.5) is 4.39 Å². The number of halogens is 1. The molecule has 0 heterocycles. The summed E-state index contributed by atoms with van der Waals surface area (Å²) >= 11 is 0. The van der Waals surface area contributed by atoms with Gasteiger partial charge in [0.15, 0.2) is 0 Å². The summed E-state index contributed by atoms with van der Waals surface area (Å²) in [4.78, 5) is 25.7. The van der Waals surface area contributed by atoms with Gasteiger partial charge >= 0.3 is 0 Å². The molecule has 0 aliphatic heterocycles.